The number of fused-ring (bicyclic) bond motifs is 21. The van der Waals surface area contributed by atoms with Crippen LogP contribution in [0.25, 0.3) is 219 Å². The summed E-state index contributed by atoms with van der Waals surface area (Å²) in [6.45, 7) is 4.71. The molecule has 0 aliphatic heterocycles. The Balaban J connectivity index is 0.000000133. The van der Waals surface area contributed by atoms with Crippen molar-refractivity contribution in [2.24, 2.45) is 0 Å². The van der Waals surface area contributed by atoms with Gasteiger partial charge >= 0.3 is 0 Å². The van der Waals surface area contributed by atoms with Crippen LogP contribution in [0.1, 0.15) is 25.0 Å². The molecule has 0 amide bonds. The number of furan rings is 2. The minimum absolute atomic E-state index is 0.0403. The van der Waals surface area contributed by atoms with E-state index in [0.717, 1.165) is 43.9 Å². The van der Waals surface area contributed by atoms with E-state index in [-0.39, 0.29) is 5.41 Å². The Hall–Kier alpha value is -13.7. The highest BCUT2D eigenvalue weighted by Gasteiger charge is 2.35. The minimum Gasteiger partial charge on any atom is -0.456 e. The van der Waals surface area contributed by atoms with E-state index in [1.165, 1.54) is 186 Å². The Labute approximate surface area is 617 Å². The number of rotatable bonds is 6. The van der Waals surface area contributed by atoms with Crippen LogP contribution in [0, 0.1) is 0 Å². The quantitative estimate of drug-likeness (QED) is 0.123. The van der Waals surface area contributed by atoms with Crippen molar-refractivity contribution in [2.45, 2.75) is 19.3 Å². The topological polar surface area (TPSA) is 26.3 Å². The van der Waals surface area contributed by atoms with Crippen molar-refractivity contribution in [3.8, 4) is 77.9 Å². The number of benzene rings is 20. The standard InChI is InChI=1S/C54H32O.C51H34O/c1-2-13-35-32-52-50(30-34(35)12-1)49-31-38(25-27-51(49)55-52)54-46-22-9-7-20-44(46)53(45-21-8-10-23-47(45)54)37-15-11-14-33(28-37)36-24-26-43-41-18-4-3-16-39(41)40-17-5-6-19-42(40)48(43)29-36;1-51(2)45-21-10-9-16-37(45)38-24-22-34(29-46(38)51)31-14-11-15-35(26-31)49-39-17-5-7-19-41(39)50(42-20-8-6-18-40(42)49)36-23-25-47-43(28-36)44-27-32-12-3-4-13-33(32)30-48(44)52-47/h1-32H;3-30H,1-2H3. The van der Waals surface area contributed by atoms with Crippen molar-refractivity contribution < 1.29 is 8.83 Å². The second kappa shape index (κ2) is 23.7. The van der Waals surface area contributed by atoms with Crippen LogP contribution < -0.4 is 0 Å². The Morgan fingerprint density at radius 3 is 0.897 bits per heavy atom. The van der Waals surface area contributed by atoms with Gasteiger partial charge in [0.05, 0.1) is 0 Å². The van der Waals surface area contributed by atoms with Gasteiger partial charge in [0.2, 0.25) is 0 Å². The van der Waals surface area contributed by atoms with Gasteiger partial charge in [-0.05, 0) is 259 Å². The summed E-state index contributed by atoms with van der Waals surface area (Å²) in [5.74, 6) is 0. The summed E-state index contributed by atoms with van der Waals surface area (Å²) in [5.41, 5.74) is 23.9. The summed E-state index contributed by atoms with van der Waals surface area (Å²) in [6.07, 6.45) is 0. The maximum Gasteiger partial charge on any atom is 0.136 e. The summed E-state index contributed by atoms with van der Waals surface area (Å²) >= 11 is 0. The zero-order valence-electron chi connectivity index (χ0n) is 59.0. The van der Waals surface area contributed by atoms with Crippen molar-refractivity contribution in [2.75, 3.05) is 0 Å². The maximum absolute atomic E-state index is 6.41. The predicted molar refractivity (Wildman–Crippen MR) is 455 cm³/mol. The molecule has 0 N–H and O–H groups in total. The van der Waals surface area contributed by atoms with Crippen molar-refractivity contribution in [1.29, 1.82) is 0 Å². The Bertz CT molecular complexity index is 7390. The molecule has 0 fully saturated rings. The normalized spacial score (nSPS) is 12.7. The molecule has 1 aliphatic carbocycles. The van der Waals surface area contributed by atoms with E-state index in [0.29, 0.717) is 0 Å². The zero-order valence-corrected chi connectivity index (χ0v) is 59.0. The fourth-order valence-corrected chi connectivity index (χ4v) is 18.4. The van der Waals surface area contributed by atoms with E-state index >= 15 is 0 Å². The Morgan fingerprint density at radius 1 is 0.168 bits per heavy atom. The molecule has 0 atom stereocenters. The van der Waals surface area contributed by atoms with Crippen molar-refractivity contribution >= 4 is 141 Å². The van der Waals surface area contributed by atoms with Crippen LogP contribution in [0.5, 0.6) is 0 Å². The Kier molecular flexibility index (Phi) is 13.5. The first-order valence-electron chi connectivity index (χ1n) is 37.2. The second-order valence-electron chi connectivity index (χ2n) is 29.6. The first-order valence-corrected chi connectivity index (χ1v) is 37.2. The van der Waals surface area contributed by atoms with Crippen LogP contribution in [0.3, 0.4) is 0 Å². The first kappa shape index (κ1) is 60.9. The van der Waals surface area contributed by atoms with Gasteiger partial charge in [0, 0.05) is 27.0 Å². The van der Waals surface area contributed by atoms with E-state index in [1.807, 2.05) is 0 Å². The van der Waals surface area contributed by atoms with Gasteiger partial charge in [0.1, 0.15) is 22.3 Å². The molecule has 23 rings (SSSR count). The molecular formula is C105H66O2. The van der Waals surface area contributed by atoms with E-state index < -0.39 is 0 Å². The lowest BCUT2D eigenvalue weighted by Gasteiger charge is -2.22. The van der Waals surface area contributed by atoms with Gasteiger partial charge in [0.25, 0.3) is 0 Å². The molecule has 0 spiro atoms. The lowest BCUT2D eigenvalue weighted by Crippen LogP contribution is -2.14. The van der Waals surface area contributed by atoms with E-state index in [1.54, 1.807) is 0 Å². The maximum atomic E-state index is 6.41. The van der Waals surface area contributed by atoms with Crippen molar-refractivity contribution in [3.05, 3.63) is 375 Å². The van der Waals surface area contributed by atoms with Crippen molar-refractivity contribution in [1.82, 2.24) is 0 Å². The smallest absolute Gasteiger partial charge is 0.136 e. The van der Waals surface area contributed by atoms with Gasteiger partial charge in [-0.15, -0.1) is 0 Å². The molecule has 0 radical (unpaired) electrons. The van der Waals surface area contributed by atoms with Crippen molar-refractivity contribution in [3.63, 3.8) is 0 Å². The number of hydrogen-bond acceptors (Lipinski definition) is 2. The molecule has 2 nitrogen and oxygen atoms in total. The third kappa shape index (κ3) is 9.52. The van der Waals surface area contributed by atoms with Crippen LogP contribution in [0.15, 0.2) is 373 Å². The summed E-state index contributed by atoms with van der Waals surface area (Å²) in [7, 11) is 0. The van der Waals surface area contributed by atoms with Gasteiger partial charge in [0.15, 0.2) is 0 Å². The van der Waals surface area contributed by atoms with Crippen LogP contribution in [-0.4, -0.2) is 0 Å². The lowest BCUT2D eigenvalue weighted by atomic mass is 9.81. The SMILES string of the molecule is CC1(C)c2ccccc2-c2ccc(-c3cccc(-c4c5ccccc5c(-c5ccc6oc7cc8ccccc8cc7c6c5)c5ccccc45)c3)cc21.c1cc(-c2ccc3c4ccccc4c4ccccc4c3c2)cc(-c2c3ccccc3c(-c3ccc4oc5cc6ccccc6cc5c4c3)c3ccccc23)c1. The molecule has 22 aromatic rings. The summed E-state index contributed by atoms with van der Waals surface area (Å²) in [6, 6.07) is 134. The monoisotopic (exact) mass is 1360 g/mol. The molecule has 2 heterocycles. The van der Waals surface area contributed by atoms with Crippen LogP contribution >= 0.6 is 0 Å². The fourth-order valence-electron chi connectivity index (χ4n) is 18.4. The highest BCUT2D eigenvalue weighted by molar-refractivity contribution is 6.27. The fraction of sp³-hybridized carbons (Fsp3) is 0.0286. The van der Waals surface area contributed by atoms with Crippen LogP contribution in [-0.2, 0) is 5.41 Å². The van der Waals surface area contributed by atoms with Gasteiger partial charge < -0.3 is 8.83 Å². The first-order chi connectivity index (χ1) is 52.8. The summed E-state index contributed by atoms with van der Waals surface area (Å²) in [4.78, 5) is 0. The predicted octanol–water partition coefficient (Wildman–Crippen LogP) is 29.9. The van der Waals surface area contributed by atoms with E-state index in [2.05, 4.69) is 378 Å². The molecule has 0 saturated heterocycles. The molecule has 107 heavy (non-hydrogen) atoms. The number of hydrogen-bond donors (Lipinski definition) is 0. The second-order valence-corrected chi connectivity index (χ2v) is 29.6. The third-order valence-electron chi connectivity index (χ3n) is 23.4. The highest BCUT2D eigenvalue weighted by atomic mass is 16.3. The molecule has 0 unspecified atom stereocenters. The lowest BCUT2D eigenvalue weighted by molar-refractivity contribution is 0.660. The summed E-state index contributed by atoms with van der Waals surface area (Å²) < 4.78 is 12.8. The molecule has 2 aromatic heterocycles. The Morgan fingerprint density at radius 2 is 0.458 bits per heavy atom. The van der Waals surface area contributed by atoms with Crippen LogP contribution in [0.4, 0.5) is 0 Å². The van der Waals surface area contributed by atoms with E-state index in [9.17, 15) is 0 Å². The highest BCUT2D eigenvalue weighted by Crippen LogP contribution is 2.52. The van der Waals surface area contributed by atoms with E-state index in [4.69, 9.17) is 8.83 Å². The van der Waals surface area contributed by atoms with Gasteiger partial charge in [-0.25, -0.2) is 0 Å². The minimum atomic E-state index is -0.0403. The molecular weight excluding hydrogens is 1290 g/mol. The van der Waals surface area contributed by atoms with Crippen LogP contribution in [0.2, 0.25) is 0 Å². The van der Waals surface area contributed by atoms with Gasteiger partial charge in [-0.1, -0.05) is 305 Å². The molecule has 0 bridgehead atoms. The molecule has 498 valence electrons. The molecule has 0 saturated carbocycles. The zero-order chi connectivity index (χ0) is 70.6. The largest absolute Gasteiger partial charge is 0.456 e. The van der Waals surface area contributed by atoms with Gasteiger partial charge in [-0.2, -0.15) is 0 Å². The average molecular weight is 1360 g/mol. The molecule has 1 aliphatic rings. The summed E-state index contributed by atoms with van der Waals surface area (Å²) in [5, 5.41) is 27.1. The third-order valence-corrected chi connectivity index (χ3v) is 23.4. The average Bonchev–Trinajstić information content (AvgIpc) is 1.46. The molecule has 20 aromatic carbocycles. The van der Waals surface area contributed by atoms with Gasteiger partial charge in [-0.3, -0.25) is 0 Å². The molecule has 2 heteroatoms.